The molecule has 1 saturated heterocycles. The van der Waals surface area contributed by atoms with Crippen LogP contribution in [0.1, 0.15) is 30.7 Å². The summed E-state index contributed by atoms with van der Waals surface area (Å²) in [6.45, 7) is 3.11. The normalized spacial score (nSPS) is 30.1. The molecule has 0 aromatic carbocycles. The van der Waals surface area contributed by atoms with Crippen molar-refractivity contribution in [3.8, 4) is 0 Å². The van der Waals surface area contributed by atoms with Crippen LogP contribution in [0.3, 0.4) is 0 Å². The van der Waals surface area contributed by atoms with Gasteiger partial charge in [-0.15, -0.1) is 0 Å². The van der Waals surface area contributed by atoms with E-state index < -0.39 is 0 Å². The highest BCUT2D eigenvalue weighted by atomic mass is 16.5. The molecule has 3 heteroatoms. The van der Waals surface area contributed by atoms with Gasteiger partial charge in [-0.2, -0.15) is 0 Å². The maximum absolute atomic E-state index is 5.35. The molecule has 1 N–H and O–H groups in total. The maximum atomic E-state index is 5.35. The Morgan fingerprint density at radius 2 is 2.40 bits per heavy atom. The molecule has 15 heavy (non-hydrogen) atoms. The highest BCUT2D eigenvalue weighted by Gasteiger charge is 2.33. The Labute approximate surface area is 89.5 Å². The van der Waals surface area contributed by atoms with E-state index in [1.165, 1.54) is 24.8 Å². The van der Waals surface area contributed by atoms with Gasteiger partial charge >= 0.3 is 0 Å². The minimum Gasteiger partial charge on any atom is -0.356 e. The molecular weight excluding hydrogens is 188 g/mol. The molecule has 3 rings (SSSR count). The number of hydrogen-bond donors (Lipinski definition) is 1. The monoisotopic (exact) mass is 204 g/mol. The fourth-order valence-corrected chi connectivity index (χ4v) is 2.77. The number of allylic oxidation sites excluding steroid dienone is 1. The fraction of sp³-hybridized carbons (Fsp3) is 0.583. The van der Waals surface area contributed by atoms with Crippen LogP contribution in [-0.4, -0.2) is 17.7 Å². The number of aromatic nitrogens is 1. The van der Waals surface area contributed by atoms with Gasteiger partial charge in [0.05, 0.1) is 5.69 Å². The van der Waals surface area contributed by atoms with Crippen LogP contribution in [0, 0.1) is 12.8 Å². The summed E-state index contributed by atoms with van der Waals surface area (Å²) < 4.78 is 5.35. The van der Waals surface area contributed by atoms with Gasteiger partial charge in [0.2, 0.25) is 0 Å². The molecule has 0 bridgehead atoms. The average molecular weight is 204 g/mol. The first-order chi connectivity index (χ1) is 7.34. The Morgan fingerprint density at radius 1 is 1.47 bits per heavy atom. The van der Waals surface area contributed by atoms with Crippen molar-refractivity contribution >= 4 is 5.57 Å². The first-order valence-corrected chi connectivity index (χ1v) is 5.72. The zero-order valence-corrected chi connectivity index (χ0v) is 8.99. The molecule has 1 fully saturated rings. The van der Waals surface area contributed by atoms with Crippen LogP contribution in [0.15, 0.2) is 16.7 Å². The van der Waals surface area contributed by atoms with Crippen molar-refractivity contribution < 1.29 is 4.52 Å². The Hall–Kier alpha value is -1.09. The second-order valence-electron chi connectivity index (χ2n) is 4.55. The first-order valence-electron chi connectivity index (χ1n) is 5.72. The molecule has 1 aliphatic heterocycles. The third-order valence-corrected chi connectivity index (χ3v) is 3.50. The van der Waals surface area contributed by atoms with E-state index in [0.29, 0.717) is 6.04 Å². The van der Waals surface area contributed by atoms with Crippen LogP contribution in [0.4, 0.5) is 0 Å². The quantitative estimate of drug-likeness (QED) is 0.761. The van der Waals surface area contributed by atoms with Gasteiger partial charge < -0.3 is 9.84 Å². The van der Waals surface area contributed by atoms with Crippen molar-refractivity contribution in [3.63, 3.8) is 0 Å². The molecule has 2 heterocycles. The number of nitrogens with zero attached hydrogens (tertiary/aromatic N) is 1. The smallest absolute Gasteiger partial charge is 0.164 e. The van der Waals surface area contributed by atoms with Gasteiger partial charge in [0.25, 0.3) is 0 Å². The van der Waals surface area contributed by atoms with E-state index in [1.54, 1.807) is 0 Å². The fourth-order valence-electron chi connectivity index (χ4n) is 2.77. The van der Waals surface area contributed by atoms with Crippen molar-refractivity contribution in [1.29, 1.82) is 0 Å². The van der Waals surface area contributed by atoms with E-state index in [2.05, 4.69) is 16.5 Å². The van der Waals surface area contributed by atoms with E-state index >= 15 is 0 Å². The zero-order chi connectivity index (χ0) is 10.3. The Kier molecular flexibility index (Phi) is 2.13. The summed E-state index contributed by atoms with van der Waals surface area (Å²) in [5.41, 5.74) is 2.29. The first kappa shape index (κ1) is 9.16. The van der Waals surface area contributed by atoms with Crippen LogP contribution in [0.2, 0.25) is 0 Å². The number of hydrogen-bond acceptors (Lipinski definition) is 3. The molecule has 1 aromatic rings. The van der Waals surface area contributed by atoms with Crippen molar-refractivity contribution in [2.75, 3.05) is 6.54 Å². The minimum atomic E-state index is 0.506. The summed E-state index contributed by atoms with van der Waals surface area (Å²) in [4.78, 5) is 0. The van der Waals surface area contributed by atoms with Gasteiger partial charge in [-0.1, -0.05) is 11.2 Å². The molecule has 1 aliphatic carbocycles. The highest BCUT2D eigenvalue weighted by molar-refractivity contribution is 5.67. The van der Waals surface area contributed by atoms with Crippen LogP contribution >= 0.6 is 0 Å². The molecule has 0 saturated carbocycles. The molecule has 3 nitrogen and oxygen atoms in total. The lowest BCUT2D eigenvalue weighted by Gasteiger charge is -2.25. The molecule has 2 atom stereocenters. The van der Waals surface area contributed by atoms with E-state index in [9.17, 15) is 0 Å². The standard InChI is InChI=1S/C12H16N2O/c1-8-7-11(15-14-8)10-4-2-3-9-5-6-13-12(9)10/h4,7,9,12-13H,2-3,5-6H2,1H3. The lowest BCUT2D eigenvalue weighted by Crippen LogP contribution is -2.30. The molecule has 0 amide bonds. The predicted molar refractivity (Wildman–Crippen MR) is 58.3 cm³/mol. The lowest BCUT2D eigenvalue weighted by atomic mass is 9.84. The summed E-state index contributed by atoms with van der Waals surface area (Å²) in [6.07, 6.45) is 6.10. The van der Waals surface area contributed by atoms with Gasteiger partial charge in [0.15, 0.2) is 5.76 Å². The Balaban J connectivity index is 1.94. The van der Waals surface area contributed by atoms with E-state index in [0.717, 1.165) is 23.9 Å². The molecule has 0 spiro atoms. The number of aryl methyl sites for hydroxylation is 1. The summed E-state index contributed by atoms with van der Waals surface area (Å²) in [7, 11) is 0. The third kappa shape index (κ3) is 1.51. The predicted octanol–water partition coefficient (Wildman–Crippen LogP) is 2.14. The molecule has 0 radical (unpaired) electrons. The molecule has 80 valence electrons. The number of fused-ring (bicyclic) bond motifs is 1. The largest absolute Gasteiger partial charge is 0.356 e. The van der Waals surface area contributed by atoms with Crippen molar-refractivity contribution in [3.05, 3.63) is 23.6 Å². The topological polar surface area (TPSA) is 38.1 Å². The minimum absolute atomic E-state index is 0.506. The van der Waals surface area contributed by atoms with Crippen molar-refractivity contribution in [1.82, 2.24) is 10.5 Å². The third-order valence-electron chi connectivity index (χ3n) is 3.50. The van der Waals surface area contributed by atoms with Gasteiger partial charge in [0, 0.05) is 17.7 Å². The number of rotatable bonds is 1. The highest BCUT2D eigenvalue weighted by Crippen LogP contribution is 2.36. The Bertz CT molecular complexity index is 394. The SMILES string of the molecule is Cc1cc(C2=CCCC3CCNC23)on1. The summed E-state index contributed by atoms with van der Waals surface area (Å²) >= 11 is 0. The summed E-state index contributed by atoms with van der Waals surface area (Å²) in [5, 5.41) is 7.52. The summed E-state index contributed by atoms with van der Waals surface area (Å²) in [5.74, 6) is 1.76. The van der Waals surface area contributed by atoms with E-state index in [1.807, 2.05) is 13.0 Å². The van der Waals surface area contributed by atoms with Crippen molar-refractivity contribution in [2.24, 2.45) is 5.92 Å². The summed E-state index contributed by atoms with van der Waals surface area (Å²) in [6, 6.07) is 2.54. The lowest BCUT2D eigenvalue weighted by molar-refractivity contribution is 0.392. The van der Waals surface area contributed by atoms with Gasteiger partial charge in [-0.3, -0.25) is 0 Å². The van der Waals surface area contributed by atoms with Gasteiger partial charge in [0.1, 0.15) is 0 Å². The van der Waals surface area contributed by atoms with Crippen LogP contribution in [-0.2, 0) is 0 Å². The number of nitrogens with one attached hydrogen (secondary N) is 1. The van der Waals surface area contributed by atoms with E-state index in [4.69, 9.17) is 4.52 Å². The van der Waals surface area contributed by atoms with Gasteiger partial charge in [-0.05, 0) is 38.6 Å². The second-order valence-corrected chi connectivity index (χ2v) is 4.55. The van der Waals surface area contributed by atoms with Gasteiger partial charge in [-0.25, -0.2) is 0 Å². The zero-order valence-electron chi connectivity index (χ0n) is 8.99. The molecule has 2 unspecified atom stereocenters. The molecule has 2 aliphatic rings. The molecule has 1 aromatic heterocycles. The van der Waals surface area contributed by atoms with Crippen LogP contribution in [0.25, 0.3) is 5.57 Å². The molecular formula is C12H16N2O. The second kappa shape index (κ2) is 3.49. The van der Waals surface area contributed by atoms with E-state index in [-0.39, 0.29) is 0 Å². The Morgan fingerprint density at radius 3 is 3.20 bits per heavy atom. The van der Waals surface area contributed by atoms with Crippen molar-refractivity contribution in [2.45, 2.75) is 32.2 Å². The maximum Gasteiger partial charge on any atom is 0.164 e. The van der Waals surface area contributed by atoms with Crippen LogP contribution < -0.4 is 5.32 Å². The van der Waals surface area contributed by atoms with Crippen LogP contribution in [0.5, 0.6) is 0 Å². The average Bonchev–Trinajstić information content (AvgIpc) is 2.84.